The molecule has 1 aliphatic carbocycles. The minimum Gasteiger partial charge on any atom is -0.113 e. The fraction of sp³-hybridized carbons (Fsp3) is 0.444. The highest BCUT2D eigenvalue weighted by Crippen LogP contribution is 2.46. The summed E-state index contributed by atoms with van der Waals surface area (Å²) in [5, 5.41) is 3.97. The summed E-state index contributed by atoms with van der Waals surface area (Å²) in [6.45, 7) is 17.1. The van der Waals surface area contributed by atoms with Gasteiger partial charge in [0.05, 0.1) is 16.1 Å². The zero-order valence-corrected chi connectivity index (χ0v) is 23.1. The molecule has 1 aliphatic rings. The molecule has 0 fully saturated rings. The van der Waals surface area contributed by atoms with Crippen molar-refractivity contribution < 1.29 is 0 Å². The van der Waals surface area contributed by atoms with Gasteiger partial charge in [-0.2, -0.15) is 0 Å². The van der Waals surface area contributed by atoms with Crippen LogP contribution in [0.15, 0.2) is 71.8 Å². The van der Waals surface area contributed by atoms with Crippen LogP contribution in [0.5, 0.6) is 0 Å². The minimum absolute atomic E-state index is 0.730. The summed E-state index contributed by atoms with van der Waals surface area (Å²) in [7, 11) is -3.47. The predicted molar refractivity (Wildman–Crippen MR) is 147 cm³/mol. The number of hydrogen-bond acceptors (Lipinski definition) is 0. The van der Waals surface area contributed by atoms with E-state index in [1.807, 2.05) is 5.57 Å². The molecule has 0 unspecified atom stereocenters. The summed E-state index contributed by atoms with van der Waals surface area (Å²) >= 11 is 0. The van der Waals surface area contributed by atoms with Crippen LogP contribution in [0.2, 0.25) is 31.4 Å². The van der Waals surface area contributed by atoms with Crippen molar-refractivity contribution in [1.82, 2.24) is 0 Å². The van der Waals surface area contributed by atoms with Crippen molar-refractivity contribution in [3.63, 3.8) is 0 Å². The molecule has 3 heteroatoms. The Balaban J connectivity index is 2.27. The normalized spacial score (nSPS) is 16.1. The molecule has 0 aromatic heterocycles. The van der Waals surface area contributed by atoms with E-state index < -0.39 is 23.0 Å². The minimum atomic E-state index is -1.74. The van der Waals surface area contributed by atoms with Gasteiger partial charge in [0.2, 0.25) is 0 Å². The Bertz CT molecular complexity index is 874. The lowest BCUT2D eigenvalue weighted by molar-refractivity contribution is 0.681. The van der Waals surface area contributed by atoms with Crippen molar-refractivity contribution >= 4 is 39.2 Å². The fourth-order valence-corrected chi connectivity index (χ4v) is 20.4. The average Bonchev–Trinajstić information content (AvgIpc) is 2.69. The van der Waals surface area contributed by atoms with Gasteiger partial charge in [-0.3, -0.25) is 0 Å². The molecular weight excluding hydrogens is 411 g/mol. The summed E-state index contributed by atoms with van der Waals surface area (Å²) < 4.78 is 0. The molecule has 162 valence electrons. The smallest absolute Gasteiger partial charge is 0.0854 e. The number of hydrogen-bond donors (Lipinski definition) is 0. The maximum atomic E-state index is 2.72. The lowest BCUT2D eigenvalue weighted by Crippen LogP contribution is -2.60. The molecule has 0 aliphatic heterocycles. The summed E-state index contributed by atoms with van der Waals surface area (Å²) in [5.41, 5.74) is 3.58. The lowest BCUT2D eigenvalue weighted by Gasteiger charge is -2.46. The first-order valence-corrected chi connectivity index (χ1v) is 20.9. The molecule has 0 heterocycles. The standard InChI is InChI=1S/C27H41PSi2/c1-28(2,3)22-23-16-14-15-21-26(23)27(29(4,5)24-17-10-8-11-18-24)30(6,7)25-19-12-9-13-20-25/h8-13,17-20,22,27H,14-16,21H2,1-7H3. The van der Waals surface area contributed by atoms with Gasteiger partial charge in [-0.15, -0.1) is 6.89 Å². The van der Waals surface area contributed by atoms with Gasteiger partial charge in [0.1, 0.15) is 0 Å². The van der Waals surface area contributed by atoms with Crippen molar-refractivity contribution in [3.8, 4) is 0 Å². The third-order valence-electron chi connectivity index (χ3n) is 6.93. The Morgan fingerprint density at radius 2 is 1.13 bits per heavy atom. The highest BCUT2D eigenvalue weighted by molar-refractivity contribution is 7.73. The number of benzene rings is 2. The molecule has 0 bridgehead atoms. The zero-order chi connectivity index (χ0) is 22.0. The molecule has 0 saturated carbocycles. The molecule has 30 heavy (non-hydrogen) atoms. The third-order valence-corrected chi connectivity index (χ3v) is 19.6. The van der Waals surface area contributed by atoms with E-state index in [4.69, 9.17) is 0 Å². The molecule has 2 aromatic rings. The second-order valence-corrected chi connectivity index (χ2v) is 25.4. The van der Waals surface area contributed by atoms with Gasteiger partial charge in [0.25, 0.3) is 0 Å². The second kappa shape index (κ2) is 9.19. The zero-order valence-electron chi connectivity index (χ0n) is 20.2. The average molecular weight is 453 g/mol. The highest BCUT2D eigenvalue weighted by atomic mass is 31.2. The van der Waals surface area contributed by atoms with Crippen molar-refractivity contribution in [2.75, 3.05) is 20.0 Å². The Kier molecular flexibility index (Phi) is 7.22. The van der Waals surface area contributed by atoms with Crippen LogP contribution in [0.4, 0.5) is 0 Å². The van der Waals surface area contributed by atoms with E-state index in [1.54, 1.807) is 15.9 Å². The van der Waals surface area contributed by atoms with Gasteiger partial charge in [-0.25, -0.2) is 0 Å². The van der Waals surface area contributed by atoms with Crippen molar-refractivity contribution in [2.24, 2.45) is 0 Å². The SMILES string of the molecule is C[Si](C)(c1ccccc1)C(C1=C(C=P(C)(C)C)CCCC1)[Si](C)(C)c1ccccc1. The van der Waals surface area contributed by atoms with Crippen molar-refractivity contribution in [2.45, 2.75) is 57.0 Å². The second-order valence-electron chi connectivity index (χ2n) is 11.1. The lowest BCUT2D eigenvalue weighted by atomic mass is 9.94. The summed E-state index contributed by atoms with van der Waals surface area (Å²) in [5.74, 6) is 2.72. The van der Waals surface area contributed by atoms with Gasteiger partial charge in [0.15, 0.2) is 0 Å². The van der Waals surface area contributed by atoms with E-state index in [0.29, 0.717) is 0 Å². The topological polar surface area (TPSA) is 0 Å². The fourth-order valence-electron chi connectivity index (χ4n) is 5.74. The highest BCUT2D eigenvalue weighted by Gasteiger charge is 2.47. The molecule has 2 aromatic carbocycles. The Morgan fingerprint density at radius 3 is 1.57 bits per heavy atom. The maximum absolute atomic E-state index is 2.72. The largest absolute Gasteiger partial charge is 0.113 e. The van der Waals surface area contributed by atoms with E-state index in [1.165, 1.54) is 25.7 Å². The van der Waals surface area contributed by atoms with Gasteiger partial charge in [-0.05, 0) is 56.4 Å². The monoisotopic (exact) mass is 452 g/mol. The molecule has 0 N–H and O–H groups in total. The maximum Gasteiger partial charge on any atom is 0.0854 e. The molecule has 0 nitrogen and oxygen atoms in total. The van der Waals surface area contributed by atoms with E-state index >= 15 is 0 Å². The van der Waals surface area contributed by atoms with E-state index in [0.717, 1.165) is 5.16 Å². The molecule has 0 spiro atoms. The first-order chi connectivity index (χ1) is 14.0. The van der Waals surface area contributed by atoms with Crippen LogP contribution in [0.25, 0.3) is 0 Å². The van der Waals surface area contributed by atoms with Gasteiger partial charge in [-0.1, -0.05) is 109 Å². The molecule has 0 radical (unpaired) electrons. The quantitative estimate of drug-likeness (QED) is 0.338. The summed E-state index contributed by atoms with van der Waals surface area (Å²) in [4.78, 5) is 0. The van der Waals surface area contributed by atoms with Gasteiger partial charge < -0.3 is 0 Å². The molecule has 3 rings (SSSR count). The summed E-state index contributed by atoms with van der Waals surface area (Å²) in [6.07, 6.45) is 5.33. The number of rotatable bonds is 6. The van der Waals surface area contributed by atoms with Crippen molar-refractivity contribution in [1.29, 1.82) is 0 Å². The van der Waals surface area contributed by atoms with E-state index in [9.17, 15) is 0 Å². The molecule has 0 amide bonds. The van der Waals surface area contributed by atoms with Crippen LogP contribution in [0.1, 0.15) is 25.7 Å². The van der Waals surface area contributed by atoms with Crippen LogP contribution in [0.3, 0.4) is 0 Å². The van der Waals surface area contributed by atoms with Crippen LogP contribution in [-0.2, 0) is 0 Å². The van der Waals surface area contributed by atoms with Gasteiger partial charge >= 0.3 is 0 Å². The van der Waals surface area contributed by atoms with Crippen LogP contribution in [-0.4, -0.2) is 41.9 Å². The Labute approximate surface area is 187 Å². The Hall–Kier alpha value is -1.09. The van der Waals surface area contributed by atoms with E-state index in [2.05, 4.69) is 113 Å². The van der Waals surface area contributed by atoms with Crippen LogP contribution < -0.4 is 10.4 Å². The molecule has 0 atom stereocenters. The molecule has 0 saturated heterocycles. The van der Waals surface area contributed by atoms with Gasteiger partial charge in [0, 0.05) is 0 Å². The first-order valence-electron chi connectivity index (χ1n) is 11.5. The predicted octanol–water partition coefficient (Wildman–Crippen LogP) is 6.71. The number of allylic oxidation sites excluding steroid dienone is 2. The van der Waals surface area contributed by atoms with Crippen LogP contribution >= 0.6 is 6.89 Å². The van der Waals surface area contributed by atoms with Crippen LogP contribution in [0, 0.1) is 0 Å². The van der Waals surface area contributed by atoms with Crippen molar-refractivity contribution in [3.05, 3.63) is 71.8 Å². The first kappa shape index (κ1) is 23.6. The Morgan fingerprint density at radius 1 is 0.700 bits per heavy atom. The van der Waals surface area contributed by atoms with E-state index in [-0.39, 0.29) is 0 Å². The summed E-state index contributed by atoms with van der Waals surface area (Å²) in [6, 6.07) is 23.0. The third kappa shape index (κ3) is 5.21. The molecular formula is C27H41PSi2.